The number of carboxylic acid groups (broad SMARTS) is 1. The van der Waals surface area contributed by atoms with Crippen molar-refractivity contribution in [3.8, 4) is 0 Å². The van der Waals surface area contributed by atoms with Crippen molar-refractivity contribution in [3.63, 3.8) is 0 Å². The number of aliphatic hydroxyl groups is 2. The summed E-state index contributed by atoms with van der Waals surface area (Å²) >= 11 is 0. The van der Waals surface area contributed by atoms with Crippen LogP contribution in [0.25, 0.3) is 0 Å². The molecule has 0 bridgehead atoms. The van der Waals surface area contributed by atoms with Gasteiger partial charge in [0.1, 0.15) is 0 Å². The minimum absolute atomic E-state index is 0.218. The molecule has 0 aromatic carbocycles. The van der Waals surface area contributed by atoms with Crippen molar-refractivity contribution in [1.29, 1.82) is 0 Å². The van der Waals surface area contributed by atoms with E-state index in [4.69, 9.17) is 0 Å². The van der Waals surface area contributed by atoms with Crippen LogP contribution in [0.2, 0.25) is 0 Å². The van der Waals surface area contributed by atoms with Gasteiger partial charge in [0.25, 0.3) is 0 Å². The van der Waals surface area contributed by atoms with Gasteiger partial charge in [-0.2, -0.15) is 0 Å². The Hall–Kier alpha value is -0.650. The summed E-state index contributed by atoms with van der Waals surface area (Å²) in [6, 6.07) is 0. The van der Waals surface area contributed by atoms with E-state index in [2.05, 4.69) is 4.90 Å². The maximum atomic E-state index is 12.4. The first-order valence-corrected chi connectivity index (χ1v) is 16.1. The van der Waals surface area contributed by atoms with E-state index in [1.807, 2.05) is 13.8 Å². The average molecular weight is 520 g/mol. The Morgan fingerprint density at radius 2 is 1.24 bits per heavy atom. The van der Waals surface area contributed by atoms with E-state index in [9.17, 15) is 20.1 Å². The van der Waals surface area contributed by atoms with Gasteiger partial charge in [-0.15, -0.1) is 0 Å². The third kappa shape index (κ3) is 6.92. The molecule has 1 aliphatic heterocycles. The second kappa shape index (κ2) is 13.1. The first kappa shape index (κ1) is 29.3. The zero-order valence-electron chi connectivity index (χ0n) is 24.0. The molecule has 0 unspecified atom stereocenters. The van der Waals surface area contributed by atoms with Gasteiger partial charge >= 0.3 is 5.97 Å². The number of aliphatic carboxylic acids is 1. The smallest absolute Gasteiger partial charge is 0.309 e. The summed E-state index contributed by atoms with van der Waals surface area (Å²) in [5.41, 5.74) is -1.10. The van der Waals surface area contributed by atoms with Gasteiger partial charge in [0, 0.05) is 0 Å². The van der Waals surface area contributed by atoms with Gasteiger partial charge in [0.05, 0.1) is 17.1 Å². The lowest BCUT2D eigenvalue weighted by Crippen LogP contribution is -2.55. The molecule has 3 N–H and O–H groups in total. The van der Waals surface area contributed by atoms with Gasteiger partial charge in [0.15, 0.2) is 0 Å². The molecule has 0 aromatic rings. The van der Waals surface area contributed by atoms with Crippen LogP contribution in [0.1, 0.15) is 129 Å². The molecule has 1 heterocycles. The zero-order valence-corrected chi connectivity index (χ0v) is 24.0. The van der Waals surface area contributed by atoms with Crippen LogP contribution >= 0.6 is 0 Å². The van der Waals surface area contributed by atoms with E-state index in [1.54, 1.807) is 0 Å². The normalized spacial score (nSPS) is 29.3. The number of hydrogen-bond donors (Lipinski definition) is 3. The molecule has 0 amide bonds. The number of likely N-dealkylation sites (tertiary alicyclic amines) is 1. The first-order valence-electron chi connectivity index (χ1n) is 16.1. The highest BCUT2D eigenvalue weighted by Crippen LogP contribution is 2.49. The average Bonchev–Trinajstić information content (AvgIpc) is 2.94. The van der Waals surface area contributed by atoms with Crippen LogP contribution in [0.4, 0.5) is 0 Å². The number of nitrogens with zero attached hydrogens (tertiary/aromatic N) is 1. The maximum Gasteiger partial charge on any atom is 0.309 e. The highest BCUT2D eigenvalue weighted by molar-refractivity contribution is 5.74. The molecule has 0 spiro atoms. The van der Waals surface area contributed by atoms with E-state index < -0.39 is 17.0 Å². The molecule has 5 heteroatoms. The summed E-state index contributed by atoms with van der Waals surface area (Å²) < 4.78 is 0. The van der Waals surface area contributed by atoms with E-state index in [0.29, 0.717) is 23.7 Å². The van der Waals surface area contributed by atoms with Crippen molar-refractivity contribution in [1.82, 2.24) is 4.90 Å². The van der Waals surface area contributed by atoms with Gasteiger partial charge < -0.3 is 20.2 Å². The second-order valence-electron chi connectivity index (χ2n) is 14.0. The SMILES string of the molecule is CC(C)(C(=O)O)C1CCC([C@@H](O)CCCN2CCC(C(O)(C3CCCCC3)C3CCCCC3)CC2)CC1. The second-order valence-corrected chi connectivity index (χ2v) is 14.0. The third-order valence-corrected chi connectivity index (χ3v) is 11.6. The van der Waals surface area contributed by atoms with Crippen LogP contribution < -0.4 is 0 Å². The molecule has 37 heavy (non-hydrogen) atoms. The number of aliphatic hydroxyl groups excluding tert-OH is 1. The molecule has 1 atom stereocenters. The summed E-state index contributed by atoms with van der Waals surface area (Å²) in [6.45, 7) is 6.95. The maximum absolute atomic E-state index is 12.4. The fourth-order valence-electron chi connectivity index (χ4n) is 8.91. The zero-order chi connectivity index (χ0) is 26.5. The van der Waals surface area contributed by atoms with E-state index in [0.717, 1.165) is 71.0 Å². The van der Waals surface area contributed by atoms with Crippen molar-refractivity contribution >= 4 is 5.97 Å². The van der Waals surface area contributed by atoms with E-state index in [1.165, 1.54) is 64.2 Å². The number of piperidine rings is 1. The van der Waals surface area contributed by atoms with Crippen LogP contribution in [0.15, 0.2) is 0 Å². The van der Waals surface area contributed by atoms with Crippen LogP contribution in [-0.2, 0) is 4.79 Å². The van der Waals surface area contributed by atoms with Gasteiger partial charge in [0.2, 0.25) is 0 Å². The molecule has 4 rings (SSSR count). The van der Waals surface area contributed by atoms with E-state index in [-0.39, 0.29) is 12.0 Å². The molecule has 3 aliphatic carbocycles. The fourth-order valence-corrected chi connectivity index (χ4v) is 8.91. The molecule has 0 aromatic heterocycles. The molecule has 5 nitrogen and oxygen atoms in total. The summed E-state index contributed by atoms with van der Waals surface area (Å²) in [5.74, 6) is 1.35. The molecule has 1 saturated heterocycles. The highest BCUT2D eigenvalue weighted by atomic mass is 16.4. The Kier molecular flexibility index (Phi) is 10.4. The van der Waals surface area contributed by atoms with Crippen molar-refractivity contribution in [2.45, 2.75) is 141 Å². The summed E-state index contributed by atoms with van der Waals surface area (Å²) in [7, 11) is 0. The monoisotopic (exact) mass is 519 g/mol. The number of hydrogen-bond acceptors (Lipinski definition) is 4. The minimum Gasteiger partial charge on any atom is -0.481 e. The lowest BCUT2D eigenvalue weighted by Gasteiger charge is -2.52. The van der Waals surface area contributed by atoms with Crippen molar-refractivity contribution < 1.29 is 20.1 Å². The van der Waals surface area contributed by atoms with Crippen LogP contribution in [-0.4, -0.2) is 57.5 Å². The van der Waals surface area contributed by atoms with Crippen LogP contribution in [0, 0.1) is 35.0 Å². The Labute approximate surface area is 226 Å². The van der Waals surface area contributed by atoms with E-state index >= 15 is 0 Å². The lowest BCUT2D eigenvalue weighted by molar-refractivity contribution is -0.151. The third-order valence-electron chi connectivity index (χ3n) is 11.6. The highest BCUT2D eigenvalue weighted by Gasteiger charge is 2.50. The van der Waals surface area contributed by atoms with Gasteiger partial charge in [-0.05, 0) is 140 Å². The Balaban J connectivity index is 1.20. The fraction of sp³-hybridized carbons (Fsp3) is 0.969. The molecule has 3 saturated carbocycles. The number of carbonyl (C=O) groups is 1. The van der Waals surface area contributed by atoms with Gasteiger partial charge in [-0.1, -0.05) is 38.5 Å². The minimum atomic E-state index is -0.698. The molecule has 4 fully saturated rings. The Bertz CT molecular complexity index is 678. The molecular weight excluding hydrogens is 462 g/mol. The quantitative estimate of drug-likeness (QED) is 0.301. The van der Waals surface area contributed by atoms with Crippen LogP contribution in [0.3, 0.4) is 0 Å². The Morgan fingerprint density at radius 1 is 0.757 bits per heavy atom. The van der Waals surface area contributed by atoms with Gasteiger partial charge in [-0.25, -0.2) is 0 Å². The number of carboxylic acids is 1. The summed E-state index contributed by atoms with van der Waals surface area (Å²) in [6.07, 6.45) is 20.5. The summed E-state index contributed by atoms with van der Waals surface area (Å²) in [4.78, 5) is 14.2. The lowest BCUT2D eigenvalue weighted by atomic mass is 9.59. The molecule has 214 valence electrons. The topological polar surface area (TPSA) is 81.0 Å². The van der Waals surface area contributed by atoms with Crippen molar-refractivity contribution in [3.05, 3.63) is 0 Å². The predicted molar refractivity (Wildman–Crippen MR) is 149 cm³/mol. The molecular formula is C32H57NO4. The summed E-state index contributed by atoms with van der Waals surface area (Å²) in [5, 5.41) is 32.8. The van der Waals surface area contributed by atoms with Crippen molar-refractivity contribution in [2.75, 3.05) is 19.6 Å². The predicted octanol–water partition coefficient (Wildman–Crippen LogP) is 6.65. The van der Waals surface area contributed by atoms with Gasteiger partial charge in [-0.3, -0.25) is 4.79 Å². The van der Waals surface area contributed by atoms with Crippen molar-refractivity contribution in [2.24, 2.45) is 35.0 Å². The first-order chi connectivity index (χ1) is 17.7. The molecule has 4 aliphatic rings. The standard InChI is InChI=1S/C32H57NO4/c1-31(2,30(35)36)25-17-15-24(16-18-25)29(34)14-9-21-33-22-19-28(20-23-33)32(37,26-10-5-3-6-11-26)27-12-7-4-8-13-27/h24-29,34,37H,3-23H2,1-2H3,(H,35,36)/t24?,25?,29-/m0/s1. The Morgan fingerprint density at radius 3 is 1.73 bits per heavy atom. The largest absolute Gasteiger partial charge is 0.481 e. The molecule has 0 radical (unpaired) electrons. The number of rotatable bonds is 10. The van der Waals surface area contributed by atoms with Crippen LogP contribution in [0.5, 0.6) is 0 Å².